The van der Waals surface area contributed by atoms with Crippen molar-refractivity contribution in [3.8, 4) is 11.5 Å². The molecule has 10 nitrogen and oxygen atoms in total. The van der Waals surface area contributed by atoms with E-state index < -0.39 is 17.4 Å². The molecule has 3 heterocycles. The molecule has 1 aromatic carbocycles. The van der Waals surface area contributed by atoms with E-state index in [0.29, 0.717) is 61.5 Å². The number of ether oxygens (including phenoxy) is 3. The van der Waals surface area contributed by atoms with E-state index in [0.717, 1.165) is 0 Å². The van der Waals surface area contributed by atoms with E-state index in [1.54, 1.807) is 35.4 Å². The number of hydrogen-bond donors (Lipinski definition) is 1. The van der Waals surface area contributed by atoms with Gasteiger partial charge in [-0.05, 0) is 39.7 Å². The van der Waals surface area contributed by atoms with Crippen molar-refractivity contribution in [2.24, 2.45) is 5.92 Å². The van der Waals surface area contributed by atoms with Crippen LogP contribution in [0.5, 0.6) is 11.5 Å². The standard InChI is InChI=1S/C24H29N3O7/c1-4-26-12-17(21(28)16-10-19-20(11-18(16)26)34-13-33-19)22(29)25-14(3)23(30)27-8-6-15(7-9-27)24(31)32-5-2/h10-12,14-15H,4-9,13H2,1-3H3,(H,25,29)/t14-/m1/s1. The van der Waals surface area contributed by atoms with Gasteiger partial charge in [-0.2, -0.15) is 0 Å². The Labute approximate surface area is 196 Å². The van der Waals surface area contributed by atoms with E-state index >= 15 is 0 Å². The molecule has 4 rings (SSSR count). The van der Waals surface area contributed by atoms with Crippen LogP contribution in [0.2, 0.25) is 0 Å². The molecule has 0 bridgehead atoms. The van der Waals surface area contributed by atoms with Gasteiger partial charge < -0.3 is 29.0 Å². The number of nitrogens with one attached hydrogen (secondary N) is 1. The summed E-state index contributed by atoms with van der Waals surface area (Å²) in [6, 6.07) is 2.50. The molecule has 0 unspecified atom stereocenters. The molecule has 2 aromatic rings. The highest BCUT2D eigenvalue weighted by Crippen LogP contribution is 2.35. The van der Waals surface area contributed by atoms with Crippen LogP contribution < -0.4 is 20.2 Å². The first kappa shape index (κ1) is 23.6. The lowest BCUT2D eigenvalue weighted by Crippen LogP contribution is -2.50. The number of pyridine rings is 1. The highest BCUT2D eigenvalue weighted by Gasteiger charge is 2.31. The first-order chi connectivity index (χ1) is 16.3. The summed E-state index contributed by atoms with van der Waals surface area (Å²) in [5.41, 5.74) is 0.154. The molecule has 1 atom stereocenters. The number of fused-ring (bicyclic) bond motifs is 2. The lowest BCUT2D eigenvalue weighted by Gasteiger charge is -2.32. The quantitative estimate of drug-likeness (QED) is 0.637. The van der Waals surface area contributed by atoms with E-state index in [2.05, 4.69) is 5.32 Å². The number of hydrogen-bond acceptors (Lipinski definition) is 7. The van der Waals surface area contributed by atoms with Crippen LogP contribution in [0.15, 0.2) is 23.1 Å². The molecule has 0 spiro atoms. The van der Waals surface area contributed by atoms with Crippen LogP contribution in [0.1, 0.15) is 44.0 Å². The Balaban J connectivity index is 1.48. The fraction of sp³-hybridized carbons (Fsp3) is 0.500. The maximum absolute atomic E-state index is 13.1. The van der Waals surface area contributed by atoms with Crippen LogP contribution in [0.4, 0.5) is 0 Å². The summed E-state index contributed by atoms with van der Waals surface area (Å²) in [6.07, 6.45) is 2.55. The summed E-state index contributed by atoms with van der Waals surface area (Å²) in [4.78, 5) is 52.6. The van der Waals surface area contributed by atoms with Gasteiger partial charge in [-0.15, -0.1) is 0 Å². The van der Waals surface area contributed by atoms with E-state index in [1.807, 2.05) is 6.92 Å². The largest absolute Gasteiger partial charge is 0.466 e. The summed E-state index contributed by atoms with van der Waals surface area (Å²) < 4.78 is 17.6. The van der Waals surface area contributed by atoms with Crippen molar-refractivity contribution in [1.29, 1.82) is 0 Å². The molecule has 1 saturated heterocycles. The van der Waals surface area contributed by atoms with Crippen molar-refractivity contribution in [2.45, 2.75) is 46.2 Å². The first-order valence-electron chi connectivity index (χ1n) is 11.6. The summed E-state index contributed by atoms with van der Waals surface area (Å²) in [6.45, 7) is 7.02. The average Bonchev–Trinajstić information content (AvgIpc) is 3.30. The predicted octanol–water partition coefficient (Wildman–Crippen LogP) is 1.67. The highest BCUT2D eigenvalue weighted by molar-refractivity contribution is 6.00. The van der Waals surface area contributed by atoms with E-state index in [-0.39, 0.29) is 30.2 Å². The van der Waals surface area contributed by atoms with Gasteiger partial charge in [0.15, 0.2) is 11.5 Å². The summed E-state index contributed by atoms with van der Waals surface area (Å²) in [5.74, 6) is -0.307. The number of esters is 1. The second-order valence-electron chi connectivity index (χ2n) is 8.43. The molecule has 2 aliphatic heterocycles. The Bertz CT molecular complexity index is 1180. The molecule has 1 fully saturated rings. The minimum absolute atomic E-state index is 0.0473. The second kappa shape index (κ2) is 9.74. The fourth-order valence-electron chi connectivity index (χ4n) is 4.41. The van der Waals surface area contributed by atoms with E-state index in [1.165, 1.54) is 6.20 Å². The molecule has 34 heavy (non-hydrogen) atoms. The Morgan fingerprint density at radius 3 is 2.47 bits per heavy atom. The van der Waals surface area contributed by atoms with Crippen molar-refractivity contribution in [3.05, 3.63) is 34.1 Å². The van der Waals surface area contributed by atoms with Crippen LogP contribution >= 0.6 is 0 Å². The van der Waals surface area contributed by atoms with Crippen molar-refractivity contribution < 1.29 is 28.6 Å². The van der Waals surface area contributed by atoms with Crippen LogP contribution in [0.3, 0.4) is 0 Å². The smallest absolute Gasteiger partial charge is 0.309 e. The lowest BCUT2D eigenvalue weighted by molar-refractivity contribution is -0.151. The molecule has 1 aromatic heterocycles. The van der Waals surface area contributed by atoms with Crippen LogP contribution in [-0.4, -0.2) is 59.8 Å². The van der Waals surface area contributed by atoms with Gasteiger partial charge in [-0.3, -0.25) is 19.2 Å². The predicted molar refractivity (Wildman–Crippen MR) is 123 cm³/mol. The topological polar surface area (TPSA) is 116 Å². The number of aromatic nitrogens is 1. The highest BCUT2D eigenvalue weighted by atomic mass is 16.7. The van der Waals surface area contributed by atoms with Gasteiger partial charge in [0.25, 0.3) is 5.91 Å². The van der Waals surface area contributed by atoms with Crippen molar-refractivity contribution >= 4 is 28.7 Å². The third-order valence-corrected chi connectivity index (χ3v) is 6.30. The van der Waals surface area contributed by atoms with Gasteiger partial charge in [0.05, 0.1) is 23.4 Å². The number of carbonyl (C=O) groups excluding carboxylic acids is 3. The molecule has 2 amide bonds. The van der Waals surface area contributed by atoms with Gasteiger partial charge in [0.2, 0.25) is 18.1 Å². The van der Waals surface area contributed by atoms with Crippen molar-refractivity contribution in [2.75, 3.05) is 26.5 Å². The van der Waals surface area contributed by atoms with Gasteiger partial charge in [-0.1, -0.05) is 0 Å². The zero-order valence-corrected chi connectivity index (χ0v) is 19.6. The summed E-state index contributed by atoms with van der Waals surface area (Å²) in [5, 5.41) is 3.01. The molecule has 0 saturated carbocycles. The summed E-state index contributed by atoms with van der Waals surface area (Å²) >= 11 is 0. The Kier molecular flexibility index (Phi) is 6.76. The fourth-order valence-corrected chi connectivity index (χ4v) is 4.41. The van der Waals surface area contributed by atoms with Crippen LogP contribution in [-0.2, 0) is 20.9 Å². The van der Waals surface area contributed by atoms with Gasteiger partial charge >= 0.3 is 5.97 Å². The lowest BCUT2D eigenvalue weighted by atomic mass is 9.96. The number of nitrogens with zero attached hydrogens (tertiary/aromatic N) is 2. The number of likely N-dealkylation sites (tertiary alicyclic amines) is 1. The first-order valence-corrected chi connectivity index (χ1v) is 11.6. The summed E-state index contributed by atoms with van der Waals surface area (Å²) in [7, 11) is 0. The Morgan fingerprint density at radius 2 is 1.82 bits per heavy atom. The Hall–Kier alpha value is -3.56. The molecule has 0 radical (unpaired) electrons. The average molecular weight is 472 g/mol. The maximum atomic E-state index is 13.1. The van der Waals surface area contributed by atoms with E-state index in [9.17, 15) is 19.2 Å². The number of aryl methyl sites for hydroxylation is 1. The van der Waals surface area contributed by atoms with Gasteiger partial charge in [-0.25, -0.2) is 0 Å². The van der Waals surface area contributed by atoms with Crippen molar-refractivity contribution in [3.63, 3.8) is 0 Å². The number of carbonyl (C=O) groups is 3. The molecular weight excluding hydrogens is 442 g/mol. The number of rotatable bonds is 6. The molecule has 2 aliphatic rings. The maximum Gasteiger partial charge on any atom is 0.309 e. The molecule has 182 valence electrons. The molecule has 1 N–H and O–H groups in total. The monoisotopic (exact) mass is 471 g/mol. The third-order valence-electron chi connectivity index (χ3n) is 6.30. The zero-order valence-electron chi connectivity index (χ0n) is 19.6. The second-order valence-corrected chi connectivity index (χ2v) is 8.43. The molecule has 0 aliphatic carbocycles. The Morgan fingerprint density at radius 1 is 1.15 bits per heavy atom. The number of piperidine rings is 1. The number of benzene rings is 1. The van der Waals surface area contributed by atoms with Gasteiger partial charge in [0, 0.05) is 31.9 Å². The number of amides is 2. The normalized spacial score (nSPS) is 16.4. The zero-order chi connectivity index (χ0) is 24.4. The van der Waals surface area contributed by atoms with Crippen LogP contribution in [0, 0.1) is 5.92 Å². The SMILES string of the molecule is CCOC(=O)C1CCN(C(=O)[C@@H](C)NC(=O)c2cn(CC)c3cc4c(cc3c2=O)OCO4)CC1. The van der Waals surface area contributed by atoms with Gasteiger partial charge in [0.1, 0.15) is 11.6 Å². The molecular formula is C24H29N3O7. The minimum Gasteiger partial charge on any atom is -0.466 e. The molecule has 10 heteroatoms. The van der Waals surface area contributed by atoms with E-state index in [4.69, 9.17) is 14.2 Å². The van der Waals surface area contributed by atoms with Crippen LogP contribution in [0.25, 0.3) is 10.9 Å². The minimum atomic E-state index is -0.825. The van der Waals surface area contributed by atoms with Crippen molar-refractivity contribution in [1.82, 2.24) is 14.8 Å². The third kappa shape index (κ3) is 4.44.